The maximum absolute atomic E-state index is 12.1. The highest BCUT2D eigenvalue weighted by Crippen LogP contribution is 2.26. The number of ketones is 1. The van der Waals surface area contributed by atoms with Gasteiger partial charge in [0.2, 0.25) is 0 Å². The number of benzene rings is 1. The van der Waals surface area contributed by atoms with Gasteiger partial charge in [-0.1, -0.05) is 39.8 Å². The molecule has 0 aliphatic carbocycles. The average Bonchev–Trinajstić information content (AvgIpc) is 3.20. The first-order chi connectivity index (χ1) is 11.6. The Morgan fingerprint density at radius 2 is 2.00 bits per heavy atom. The third kappa shape index (κ3) is 4.15. The normalized spacial score (nSPS) is 10.9. The number of rotatable bonds is 7. The molecule has 0 N–H and O–H groups in total. The smallest absolute Gasteiger partial charge is 0.276 e. The van der Waals surface area contributed by atoms with Gasteiger partial charge in [0.15, 0.2) is 5.78 Å². The Hall–Kier alpha value is -1.86. The van der Waals surface area contributed by atoms with Crippen molar-refractivity contribution in [3.05, 3.63) is 52.4 Å². The van der Waals surface area contributed by atoms with Gasteiger partial charge in [0.05, 0.1) is 11.8 Å². The van der Waals surface area contributed by atoms with Gasteiger partial charge in [-0.25, -0.2) is 0 Å². The summed E-state index contributed by atoms with van der Waals surface area (Å²) in [6.45, 7) is 1.85. The zero-order valence-corrected chi connectivity index (χ0v) is 15.4. The summed E-state index contributed by atoms with van der Waals surface area (Å²) in [5, 5.41) is 8.53. The van der Waals surface area contributed by atoms with Crippen molar-refractivity contribution in [1.29, 1.82) is 0 Å². The molecule has 0 spiro atoms. The second kappa shape index (κ2) is 7.81. The molecule has 0 aliphatic rings. The minimum atomic E-state index is 0.142. The summed E-state index contributed by atoms with van der Waals surface area (Å²) < 4.78 is 11.8. The van der Waals surface area contributed by atoms with E-state index in [1.807, 2.05) is 31.2 Å². The fourth-order valence-electron chi connectivity index (χ4n) is 2.16. The molecule has 0 atom stereocenters. The number of hydrogen-bond acceptors (Lipinski definition) is 6. The predicted octanol–water partition coefficient (Wildman–Crippen LogP) is 5.16. The van der Waals surface area contributed by atoms with Gasteiger partial charge in [-0.3, -0.25) is 4.79 Å². The largest absolute Gasteiger partial charge is 0.469 e. The van der Waals surface area contributed by atoms with Crippen LogP contribution in [0.1, 0.15) is 29.0 Å². The van der Waals surface area contributed by atoms with E-state index >= 15 is 0 Å². The van der Waals surface area contributed by atoms with Gasteiger partial charge in [0, 0.05) is 22.2 Å². The van der Waals surface area contributed by atoms with Crippen molar-refractivity contribution < 1.29 is 13.6 Å². The Morgan fingerprint density at radius 1 is 1.21 bits per heavy atom. The van der Waals surface area contributed by atoms with Crippen LogP contribution in [0.3, 0.4) is 0 Å². The molecule has 124 valence electrons. The van der Waals surface area contributed by atoms with Crippen LogP contribution in [0.15, 0.2) is 55.1 Å². The SMILES string of the molecule is Cc1occc1-c1nnc(SCCCC(=O)c2ccc(Br)cc2)o1. The molecule has 7 heteroatoms. The first kappa shape index (κ1) is 17.0. The Kier molecular flexibility index (Phi) is 5.52. The number of halogens is 1. The second-order valence-electron chi connectivity index (χ2n) is 5.15. The third-order valence-electron chi connectivity index (χ3n) is 3.44. The Bertz CT molecular complexity index is 826. The summed E-state index contributed by atoms with van der Waals surface area (Å²) in [6, 6.07) is 9.21. The van der Waals surface area contributed by atoms with Crippen LogP contribution in [-0.2, 0) is 0 Å². The zero-order valence-electron chi connectivity index (χ0n) is 13.0. The van der Waals surface area contributed by atoms with E-state index < -0.39 is 0 Å². The summed E-state index contributed by atoms with van der Waals surface area (Å²) in [5.74, 6) is 2.09. The predicted molar refractivity (Wildman–Crippen MR) is 95.2 cm³/mol. The number of aryl methyl sites for hydroxylation is 1. The lowest BCUT2D eigenvalue weighted by molar-refractivity contribution is 0.0982. The molecule has 2 aromatic heterocycles. The molecule has 5 nitrogen and oxygen atoms in total. The number of nitrogens with zero attached hydrogens (tertiary/aromatic N) is 2. The zero-order chi connectivity index (χ0) is 16.9. The number of carbonyl (C=O) groups excluding carboxylic acids is 1. The molecule has 0 amide bonds. The Labute approximate surface area is 152 Å². The fourth-order valence-corrected chi connectivity index (χ4v) is 3.12. The molecule has 24 heavy (non-hydrogen) atoms. The van der Waals surface area contributed by atoms with Crippen LogP contribution in [-0.4, -0.2) is 21.7 Å². The quantitative estimate of drug-likeness (QED) is 0.306. The molecule has 0 aliphatic heterocycles. The highest BCUT2D eigenvalue weighted by molar-refractivity contribution is 9.10. The average molecular weight is 407 g/mol. The van der Waals surface area contributed by atoms with Gasteiger partial charge in [0.25, 0.3) is 11.1 Å². The van der Waals surface area contributed by atoms with Gasteiger partial charge in [-0.2, -0.15) is 0 Å². The maximum atomic E-state index is 12.1. The van der Waals surface area contributed by atoms with E-state index in [0.29, 0.717) is 17.5 Å². The number of hydrogen-bond donors (Lipinski definition) is 0. The highest BCUT2D eigenvalue weighted by Gasteiger charge is 2.13. The van der Waals surface area contributed by atoms with E-state index in [1.165, 1.54) is 11.8 Å². The fraction of sp³-hybridized carbons (Fsp3) is 0.235. The summed E-state index contributed by atoms with van der Waals surface area (Å²) in [6.07, 6.45) is 2.84. The van der Waals surface area contributed by atoms with Crippen LogP contribution in [0.4, 0.5) is 0 Å². The van der Waals surface area contributed by atoms with Crippen LogP contribution in [0.25, 0.3) is 11.5 Å². The van der Waals surface area contributed by atoms with E-state index in [0.717, 1.165) is 33.5 Å². The van der Waals surface area contributed by atoms with Gasteiger partial charge in [0.1, 0.15) is 5.76 Å². The molecule has 0 saturated heterocycles. The molecular weight excluding hydrogens is 392 g/mol. The summed E-state index contributed by atoms with van der Waals surface area (Å²) >= 11 is 4.81. The molecule has 0 radical (unpaired) electrons. The number of carbonyl (C=O) groups is 1. The molecule has 0 bridgehead atoms. The molecule has 3 rings (SSSR count). The number of Topliss-reactive ketones (excluding diaryl/α,β-unsaturated/α-hetero) is 1. The van der Waals surface area contributed by atoms with Crippen LogP contribution >= 0.6 is 27.7 Å². The Balaban J connectivity index is 1.47. The maximum Gasteiger partial charge on any atom is 0.276 e. The number of aromatic nitrogens is 2. The molecule has 0 unspecified atom stereocenters. The molecule has 0 saturated carbocycles. The van der Waals surface area contributed by atoms with Gasteiger partial charge < -0.3 is 8.83 Å². The van der Waals surface area contributed by atoms with Crippen LogP contribution < -0.4 is 0 Å². The van der Waals surface area contributed by atoms with E-state index in [1.54, 1.807) is 12.3 Å². The summed E-state index contributed by atoms with van der Waals surface area (Å²) in [7, 11) is 0. The molecule has 2 heterocycles. The van der Waals surface area contributed by atoms with Gasteiger partial charge >= 0.3 is 0 Å². The minimum absolute atomic E-state index is 0.142. The Morgan fingerprint density at radius 3 is 2.71 bits per heavy atom. The van der Waals surface area contributed by atoms with Crippen molar-refractivity contribution in [2.45, 2.75) is 25.0 Å². The van der Waals surface area contributed by atoms with Crippen molar-refractivity contribution in [3.8, 4) is 11.5 Å². The van der Waals surface area contributed by atoms with Gasteiger partial charge in [-0.15, -0.1) is 10.2 Å². The van der Waals surface area contributed by atoms with Crippen LogP contribution in [0.2, 0.25) is 0 Å². The first-order valence-corrected chi connectivity index (χ1v) is 9.21. The highest BCUT2D eigenvalue weighted by atomic mass is 79.9. The van der Waals surface area contributed by atoms with Crippen molar-refractivity contribution in [2.24, 2.45) is 0 Å². The van der Waals surface area contributed by atoms with Crippen LogP contribution in [0, 0.1) is 6.92 Å². The third-order valence-corrected chi connectivity index (χ3v) is 4.87. The lowest BCUT2D eigenvalue weighted by Crippen LogP contribution is -1.99. The molecule has 0 fully saturated rings. The standard InChI is InChI=1S/C17H15BrN2O3S/c1-11-14(8-9-22-11)16-19-20-17(23-16)24-10-2-3-15(21)12-4-6-13(18)7-5-12/h4-9H,2-3,10H2,1H3. The van der Waals surface area contributed by atoms with Crippen molar-refractivity contribution in [3.63, 3.8) is 0 Å². The monoisotopic (exact) mass is 406 g/mol. The second-order valence-corrected chi connectivity index (χ2v) is 7.11. The minimum Gasteiger partial charge on any atom is -0.469 e. The van der Waals surface area contributed by atoms with Crippen molar-refractivity contribution in [2.75, 3.05) is 5.75 Å². The summed E-state index contributed by atoms with van der Waals surface area (Å²) in [5.41, 5.74) is 1.54. The lowest BCUT2D eigenvalue weighted by Gasteiger charge is -2.00. The van der Waals surface area contributed by atoms with E-state index in [2.05, 4.69) is 26.1 Å². The molecule has 1 aromatic carbocycles. The molecular formula is C17H15BrN2O3S. The van der Waals surface area contributed by atoms with Gasteiger partial charge in [-0.05, 0) is 31.5 Å². The number of thioether (sulfide) groups is 1. The van der Waals surface area contributed by atoms with E-state index in [-0.39, 0.29) is 5.78 Å². The van der Waals surface area contributed by atoms with Crippen molar-refractivity contribution in [1.82, 2.24) is 10.2 Å². The van der Waals surface area contributed by atoms with E-state index in [4.69, 9.17) is 8.83 Å². The molecule has 3 aromatic rings. The van der Waals surface area contributed by atoms with Crippen LogP contribution in [0.5, 0.6) is 0 Å². The first-order valence-electron chi connectivity index (χ1n) is 7.43. The topological polar surface area (TPSA) is 69.1 Å². The van der Waals surface area contributed by atoms with Crippen molar-refractivity contribution >= 4 is 33.5 Å². The summed E-state index contributed by atoms with van der Waals surface area (Å²) in [4.78, 5) is 12.1. The lowest BCUT2D eigenvalue weighted by atomic mass is 10.1. The van der Waals surface area contributed by atoms with E-state index in [9.17, 15) is 4.79 Å². The number of furan rings is 1.